The van der Waals surface area contributed by atoms with Gasteiger partial charge in [0.25, 0.3) is 6.47 Å². The molecule has 0 saturated heterocycles. The number of carboxylic acid groups (broad SMARTS) is 1. The van der Waals surface area contributed by atoms with Crippen LogP contribution in [0.5, 0.6) is 5.88 Å². The molecule has 11 nitrogen and oxygen atoms in total. The van der Waals surface area contributed by atoms with E-state index in [9.17, 15) is 28.8 Å². The highest BCUT2D eigenvalue weighted by Crippen LogP contribution is 2.02. The van der Waals surface area contributed by atoms with E-state index in [1.54, 1.807) is 13.8 Å². The Kier molecular flexibility index (Phi) is 14.1. The molecule has 1 aromatic heterocycles. The van der Waals surface area contributed by atoms with E-state index in [2.05, 4.69) is 19.2 Å². The smallest absolute Gasteiger partial charge is 0.417 e. The maximum atomic E-state index is 10.8. The van der Waals surface area contributed by atoms with Crippen molar-refractivity contribution in [2.24, 2.45) is 0 Å². The number of aromatic carboxylic acids is 1. The molecular weight excluding hydrogens is 366 g/mol. The molecule has 0 radical (unpaired) electrons. The number of pyridine rings is 1. The number of esters is 2. The predicted octanol–water partition coefficient (Wildman–Crippen LogP) is 0.316. The zero-order valence-electron chi connectivity index (χ0n) is 15.3. The number of aromatic amines is 1. The van der Waals surface area contributed by atoms with Crippen molar-refractivity contribution in [3.63, 3.8) is 0 Å². The molecule has 0 saturated carbocycles. The molecule has 11 heteroatoms. The van der Waals surface area contributed by atoms with Gasteiger partial charge in [0.05, 0.1) is 13.2 Å². The number of ether oxygens (including phenoxy) is 3. The summed E-state index contributed by atoms with van der Waals surface area (Å²) in [4.78, 5) is 63.6. The third-order valence-electron chi connectivity index (χ3n) is 1.94. The number of hydrogen-bond acceptors (Lipinski definition) is 9. The highest BCUT2D eigenvalue weighted by atomic mass is 16.6. The lowest BCUT2D eigenvalue weighted by Gasteiger charge is -1.99. The summed E-state index contributed by atoms with van der Waals surface area (Å²) in [5, 5.41) is 8.49. The number of carbonyl (C=O) groups is 5. The van der Waals surface area contributed by atoms with Crippen LogP contribution in [-0.4, -0.2) is 53.5 Å². The van der Waals surface area contributed by atoms with Gasteiger partial charge in [0, 0.05) is 12.1 Å². The van der Waals surface area contributed by atoms with E-state index >= 15 is 0 Å². The van der Waals surface area contributed by atoms with E-state index in [1.165, 1.54) is 13.8 Å². The van der Waals surface area contributed by atoms with E-state index in [-0.39, 0.29) is 37.0 Å². The van der Waals surface area contributed by atoms with Crippen LogP contribution in [0.4, 0.5) is 0 Å². The number of nitrogens with one attached hydrogen (secondary N) is 1. The third kappa shape index (κ3) is 14.5. The van der Waals surface area contributed by atoms with Gasteiger partial charge in [-0.2, -0.15) is 0 Å². The van der Waals surface area contributed by atoms with Gasteiger partial charge in [-0.05, 0) is 27.7 Å². The van der Waals surface area contributed by atoms with Crippen molar-refractivity contribution in [1.82, 2.24) is 4.98 Å². The molecule has 2 N–H and O–H groups in total. The summed E-state index contributed by atoms with van der Waals surface area (Å²) >= 11 is 0. The maximum Gasteiger partial charge on any atom is 0.417 e. The summed E-state index contributed by atoms with van der Waals surface area (Å²) in [5.41, 5.74) is -0.877. The number of Topliss-reactive ketones (excluding diaryl/α,β-unsaturated/α-hetero) is 1. The summed E-state index contributed by atoms with van der Waals surface area (Å²) < 4.78 is 13.0. The first kappa shape index (κ1) is 25.7. The monoisotopic (exact) mass is 387 g/mol. The summed E-state index contributed by atoms with van der Waals surface area (Å²) in [5.74, 6) is -3.18. The van der Waals surface area contributed by atoms with Crippen molar-refractivity contribution in [3.8, 4) is 5.88 Å². The lowest BCUT2D eigenvalue weighted by Crippen LogP contribution is -2.19. The molecule has 0 aliphatic rings. The van der Waals surface area contributed by atoms with Gasteiger partial charge in [0.2, 0.25) is 5.88 Å². The Bertz CT molecular complexity index is 687. The molecule has 0 bridgehead atoms. The molecule has 1 heterocycles. The average molecular weight is 387 g/mol. The van der Waals surface area contributed by atoms with Gasteiger partial charge in [-0.1, -0.05) is 0 Å². The van der Waals surface area contributed by atoms with Crippen LogP contribution >= 0.6 is 0 Å². The second-order valence-electron chi connectivity index (χ2n) is 4.46. The van der Waals surface area contributed by atoms with Crippen molar-refractivity contribution in [2.75, 3.05) is 13.2 Å². The largest absolute Gasteiger partial charge is 0.477 e. The van der Waals surface area contributed by atoms with E-state index < -0.39 is 23.3 Å². The van der Waals surface area contributed by atoms with Crippen molar-refractivity contribution in [1.29, 1.82) is 0 Å². The molecule has 0 aliphatic heterocycles. The van der Waals surface area contributed by atoms with E-state index in [1.807, 2.05) is 0 Å². The normalized spacial score (nSPS) is 8.59. The van der Waals surface area contributed by atoms with Gasteiger partial charge >= 0.3 is 17.9 Å². The Balaban J connectivity index is 0. The Morgan fingerprint density at radius 1 is 1.04 bits per heavy atom. The quantitative estimate of drug-likeness (QED) is 0.408. The Morgan fingerprint density at radius 2 is 1.48 bits per heavy atom. The number of carboxylic acids is 1. The SMILES string of the molecule is CC(C)=O.CCOC(=O)C(=O)OCC.O=COc1cc(=O)cc(C(=O)O)[nH]1. The highest BCUT2D eigenvalue weighted by molar-refractivity contribution is 6.29. The molecule has 1 aromatic rings. The third-order valence-corrected chi connectivity index (χ3v) is 1.94. The number of aromatic nitrogens is 1. The number of ketones is 1. The van der Waals surface area contributed by atoms with Crippen molar-refractivity contribution in [3.05, 3.63) is 28.0 Å². The summed E-state index contributed by atoms with van der Waals surface area (Å²) in [6, 6.07) is 1.86. The molecule has 0 fully saturated rings. The first-order chi connectivity index (χ1) is 12.6. The zero-order chi connectivity index (χ0) is 21.4. The van der Waals surface area contributed by atoms with Gasteiger partial charge in [-0.25, -0.2) is 14.4 Å². The van der Waals surface area contributed by atoms with Gasteiger partial charge in [0.1, 0.15) is 11.5 Å². The van der Waals surface area contributed by atoms with Gasteiger partial charge in [-0.3, -0.25) is 9.59 Å². The fourth-order valence-electron chi connectivity index (χ4n) is 1.13. The van der Waals surface area contributed by atoms with Crippen LogP contribution in [0.1, 0.15) is 38.2 Å². The Hall–Kier alpha value is -3.50. The summed E-state index contributed by atoms with van der Waals surface area (Å²) in [6.45, 7) is 6.78. The predicted molar refractivity (Wildman–Crippen MR) is 90.3 cm³/mol. The first-order valence-corrected chi connectivity index (χ1v) is 7.47. The highest BCUT2D eigenvalue weighted by Gasteiger charge is 2.14. The molecule has 1 rings (SSSR count). The van der Waals surface area contributed by atoms with Crippen LogP contribution in [0, 0.1) is 0 Å². The fraction of sp³-hybridized carbons (Fsp3) is 0.375. The van der Waals surface area contributed by atoms with Crippen LogP contribution < -0.4 is 10.2 Å². The Labute approximate surface area is 154 Å². The lowest BCUT2D eigenvalue weighted by molar-refractivity contribution is -0.167. The average Bonchev–Trinajstić information content (AvgIpc) is 2.55. The van der Waals surface area contributed by atoms with Gasteiger partial charge < -0.3 is 29.1 Å². The van der Waals surface area contributed by atoms with Crippen LogP contribution in [0.15, 0.2) is 16.9 Å². The second-order valence-corrected chi connectivity index (χ2v) is 4.46. The van der Waals surface area contributed by atoms with E-state index in [4.69, 9.17) is 5.11 Å². The number of H-pyrrole nitrogens is 1. The molecule has 150 valence electrons. The minimum Gasteiger partial charge on any atom is -0.477 e. The molecule has 0 aliphatic carbocycles. The summed E-state index contributed by atoms with van der Waals surface area (Å²) in [7, 11) is 0. The van der Waals surface area contributed by atoms with Crippen LogP contribution in [0.25, 0.3) is 0 Å². The molecule has 0 unspecified atom stereocenters. The number of rotatable bonds is 5. The molecule has 0 amide bonds. The zero-order valence-corrected chi connectivity index (χ0v) is 15.3. The fourth-order valence-corrected chi connectivity index (χ4v) is 1.13. The first-order valence-electron chi connectivity index (χ1n) is 7.47. The van der Waals surface area contributed by atoms with Crippen LogP contribution in [0.2, 0.25) is 0 Å². The number of hydrogen-bond donors (Lipinski definition) is 2. The Morgan fingerprint density at radius 3 is 1.81 bits per heavy atom. The maximum absolute atomic E-state index is 10.8. The minimum atomic E-state index is -1.30. The molecule has 27 heavy (non-hydrogen) atoms. The second kappa shape index (κ2) is 14.8. The molecule has 0 atom stereocenters. The van der Waals surface area contributed by atoms with Crippen molar-refractivity contribution in [2.45, 2.75) is 27.7 Å². The van der Waals surface area contributed by atoms with E-state index in [0.717, 1.165) is 12.1 Å². The van der Waals surface area contributed by atoms with Gasteiger partial charge in [0.15, 0.2) is 5.43 Å². The van der Waals surface area contributed by atoms with Crippen LogP contribution in [0.3, 0.4) is 0 Å². The van der Waals surface area contributed by atoms with Crippen molar-refractivity contribution >= 4 is 30.2 Å². The minimum absolute atomic E-state index is 0.0942. The molecule has 0 spiro atoms. The lowest BCUT2D eigenvalue weighted by atomic mass is 10.3. The topological polar surface area (TPSA) is 166 Å². The van der Waals surface area contributed by atoms with E-state index in [0.29, 0.717) is 0 Å². The molecular formula is C16H21NO10. The number of carbonyl (C=O) groups excluding carboxylic acids is 4. The van der Waals surface area contributed by atoms with Crippen LogP contribution in [-0.2, 0) is 28.7 Å². The standard InChI is InChI=1S/C7H5NO5.C6H10O4.C3H6O/c9-3-13-6-2-4(10)1-5(8-6)7(11)12;1-3-9-5(7)6(8)10-4-2;1-3(2)4/h1-3H,(H,8,10)(H,11,12);3-4H2,1-2H3;1-2H3. The van der Waals surface area contributed by atoms with Gasteiger partial charge in [-0.15, -0.1) is 0 Å². The van der Waals surface area contributed by atoms with Crippen molar-refractivity contribution < 1.29 is 43.3 Å². The molecule has 0 aromatic carbocycles. The summed E-state index contributed by atoms with van der Waals surface area (Å²) in [6.07, 6.45) is 0.